The molecule has 1 aliphatic rings. The summed E-state index contributed by atoms with van der Waals surface area (Å²) < 4.78 is 39.3. The molecule has 0 aromatic heterocycles. The van der Waals surface area contributed by atoms with Gasteiger partial charge in [0.2, 0.25) is 5.91 Å². The van der Waals surface area contributed by atoms with Crippen LogP contribution in [0.25, 0.3) is 0 Å². The van der Waals surface area contributed by atoms with Crippen molar-refractivity contribution in [3.8, 4) is 0 Å². The highest BCUT2D eigenvalue weighted by molar-refractivity contribution is 5.96. The first-order valence-electron chi connectivity index (χ1n) is 6.57. The van der Waals surface area contributed by atoms with Crippen LogP contribution in [0.1, 0.15) is 11.1 Å². The molecule has 1 heterocycles. The van der Waals surface area contributed by atoms with Crippen LogP contribution in [0.2, 0.25) is 0 Å². The minimum absolute atomic E-state index is 0.0485. The number of hydrogen-bond donors (Lipinski definition) is 0. The maximum Gasteiger partial charge on any atom is 0.231 e. The highest BCUT2D eigenvalue weighted by Gasteiger charge is 2.25. The standard InChI is InChI=1S/C16H12F3NO/c17-12-3-2-11-5-6-20(15(11)9-12)16(21)8-10-1-4-13(18)14(19)7-10/h1-4,7,9H,5-6,8H2. The lowest BCUT2D eigenvalue weighted by Gasteiger charge is -2.17. The molecule has 0 saturated heterocycles. The van der Waals surface area contributed by atoms with E-state index in [1.807, 2.05) is 0 Å². The SMILES string of the molecule is O=C(Cc1ccc(F)c(F)c1)N1CCc2ccc(F)cc21. The molecule has 3 rings (SSSR count). The molecule has 0 spiro atoms. The van der Waals surface area contributed by atoms with Crippen molar-refractivity contribution < 1.29 is 18.0 Å². The number of anilines is 1. The van der Waals surface area contributed by atoms with Crippen molar-refractivity contribution in [3.05, 3.63) is 65.0 Å². The van der Waals surface area contributed by atoms with Crippen LogP contribution in [-0.4, -0.2) is 12.5 Å². The van der Waals surface area contributed by atoms with Gasteiger partial charge < -0.3 is 4.90 Å². The molecule has 0 saturated carbocycles. The summed E-state index contributed by atoms with van der Waals surface area (Å²) in [6.07, 6.45) is 0.617. The lowest BCUT2D eigenvalue weighted by atomic mass is 10.1. The summed E-state index contributed by atoms with van der Waals surface area (Å²) in [6, 6.07) is 7.73. The summed E-state index contributed by atoms with van der Waals surface area (Å²) in [5.74, 6) is -2.58. The smallest absolute Gasteiger partial charge is 0.231 e. The first-order chi connectivity index (χ1) is 10.0. The molecular weight excluding hydrogens is 279 g/mol. The second-order valence-electron chi connectivity index (χ2n) is 4.99. The molecule has 1 aliphatic heterocycles. The summed E-state index contributed by atoms with van der Waals surface area (Å²) in [4.78, 5) is 13.8. The quantitative estimate of drug-likeness (QED) is 0.832. The molecule has 108 valence electrons. The zero-order chi connectivity index (χ0) is 15.0. The van der Waals surface area contributed by atoms with Crippen LogP contribution in [0.4, 0.5) is 18.9 Å². The summed E-state index contributed by atoms with van der Waals surface area (Å²) in [7, 11) is 0. The van der Waals surface area contributed by atoms with Gasteiger partial charge in [0.05, 0.1) is 6.42 Å². The third-order valence-electron chi connectivity index (χ3n) is 3.58. The molecular formula is C16H12F3NO. The molecule has 0 bridgehead atoms. The molecule has 0 unspecified atom stereocenters. The van der Waals surface area contributed by atoms with Gasteiger partial charge in [0, 0.05) is 12.2 Å². The summed E-state index contributed by atoms with van der Waals surface area (Å²) >= 11 is 0. The van der Waals surface area contributed by atoms with Crippen molar-refractivity contribution in [1.82, 2.24) is 0 Å². The lowest BCUT2D eigenvalue weighted by Crippen LogP contribution is -2.30. The Kier molecular flexibility index (Phi) is 3.41. The predicted octanol–water partition coefficient (Wildman–Crippen LogP) is 3.24. The van der Waals surface area contributed by atoms with E-state index in [4.69, 9.17) is 0 Å². The first-order valence-corrected chi connectivity index (χ1v) is 6.57. The molecule has 0 aliphatic carbocycles. The molecule has 0 radical (unpaired) electrons. The van der Waals surface area contributed by atoms with Crippen LogP contribution in [-0.2, 0) is 17.6 Å². The van der Waals surface area contributed by atoms with Crippen LogP contribution in [0.15, 0.2) is 36.4 Å². The zero-order valence-corrected chi connectivity index (χ0v) is 11.1. The van der Waals surface area contributed by atoms with Crippen LogP contribution in [0.3, 0.4) is 0 Å². The van der Waals surface area contributed by atoms with Gasteiger partial charge in [-0.15, -0.1) is 0 Å². The van der Waals surface area contributed by atoms with Crippen molar-refractivity contribution >= 4 is 11.6 Å². The summed E-state index contributed by atoms with van der Waals surface area (Å²) in [5.41, 5.74) is 1.86. The lowest BCUT2D eigenvalue weighted by molar-refractivity contribution is -0.117. The van der Waals surface area contributed by atoms with Crippen LogP contribution in [0, 0.1) is 17.5 Å². The number of fused-ring (bicyclic) bond motifs is 1. The fourth-order valence-electron chi connectivity index (χ4n) is 2.53. The Bertz CT molecular complexity index is 715. The van der Waals surface area contributed by atoms with Gasteiger partial charge in [0.25, 0.3) is 0 Å². The van der Waals surface area contributed by atoms with Gasteiger partial charge in [-0.3, -0.25) is 4.79 Å². The average molecular weight is 291 g/mol. The molecule has 5 heteroatoms. The number of carbonyl (C=O) groups is 1. The Labute approximate surface area is 119 Å². The van der Waals surface area contributed by atoms with Gasteiger partial charge in [0.1, 0.15) is 5.82 Å². The topological polar surface area (TPSA) is 20.3 Å². The molecule has 0 atom stereocenters. The molecule has 2 nitrogen and oxygen atoms in total. The van der Waals surface area contributed by atoms with Crippen molar-refractivity contribution in [3.63, 3.8) is 0 Å². The Hall–Kier alpha value is -2.30. The van der Waals surface area contributed by atoms with Crippen LogP contribution >= 0.6 is 0 Å². The van der Waals surface area contributed by atoms with E-state index >= 15 is 0 Å². The number of benzene rings is 2. The van der Waals surface area contributed by atoms with Crippen molar-refractivity contribution in [2.75, 3.05) is 11.4 Å². The molecule has 0 fully saturated rings. The number of hydrogen-bond acceptors (Lipinski definition) is 1. The van der Waals surface area contributed by atoms with Crippen LogP contribution in [0.5, 0.6) is 0 Å². The first kappa shape index (κ1) is 13.7. The predicted molar refractivity (Wildman–Crippen MR) is 72.5 cm³/mol. The second-order valence-corrected chi connectivity index (χ2v) is 4.99. The highest BCUT2D eigenvalue weighted by atomic mass is 19.2. The van der Waals surface area contributed by atoms with E-state index in [1.165, 1.54) is 23.1 Å². The molecule has 21 heavy (non-hydrogen) atoms. The van der Waals surface area contributed by atoms with Crippen molar-refractivity contribution in [2.45, 2.75) is 12.8 Å². The Morgan fingerprint density at radius 3 is 2.62 bits per heavy atom. The number of amides is 1. The molecule has 2 aromatic rings. The van der Waals surface area contributed by atoms with Gasteiger partial charge in [-0.2, -0.15) is 0 Å². The third-order valence-corrected chi connectivity index (χ3v) is 3.58. The van der Waals surface area contributed by atoms with E-state index in [-0.39, 0.29) is 12.3 Å². The second kappa shape index (κ2) is 5.24. The Balaban J connectivity index is 1.81. The monoisotopic (exact) mass is 291 g/mol. The van der Waals surface area contributed by atoms with Gasteiger partial charge in [-0.25, -0.2) is 13.2 Å². The minimum atomic E-state index is -0.979. The van der Waals surface area contributed by atoms with Gasteiger partial charge >= 0.3 is 0 Å². The highest BCUT2D eigenvalue weighted by Crippen LogP contribution is 2.29. The number of rotatable bonds is 2. The van der Waals surface area contributed by atoms with Crippen molar-refractivity contribution in [2.24, 2.45) is 0 Å². The Morgan fingerprint density at radius 1 is 1.05 bits per heavy atom. The summed E-state index contributed by atoms with van der Waals surface area (Å²) in [5, 5.41) is 0. The molecule has 0 N–H and O–H groups in total. The maximum atomic E-state index is 13.3. The van der Waals surface area contributed by atoms with Gasteiger partial charge in [-0.05, 0) is 41.8 Å². The minimum Gasteiger partial charge on any atom is -0.311 e. The Morgan fingerprint density at radius 2 is 1.86 bits per heavy atom. The number of nitrogens with zero attached hydrogens (tertiary/aromatic N) is 1. The van der Waals surface area contributed by atoms with E-state index in [0.717, 1.165) is 17.7 Å². The maximum absolute atomic E-state index is 13.3. The van der Waals surface area contributed by atoms with Gasteiger partial charge in [-0.1, -0.05) is 12.1 Å². The fourth-order valence-corrected chi connectivity index (χ4v) is 2.53. The average Bonchev–Trinajstić information content (AvgIpc) is 2.86. The number of carbonyl (C=O) groups excluding carboxylic acids is 1. The van der Waals surface area contributed by atoms with E-state index in [0.29, 0.717) is 24.2 Å². The number of halogens is 3. The van der Waals surface area contributed by atoms with E-state index in [2.05, 4.69) is 0 Å². The van der Waals surface area contributed by atoms with E-state index in [1.54, 1.807) is 6.07 Å². The summed E-state index contributed by atoms with van der Waals surface area (Å²) in [6.45, 7) is 0.474. The van der Waals surface area contributed by atoms with Crippen LogP contribution < -0.4 is 4.90 Å². The largest absolute Gasteiger partial charge is 0.311 e. The van der Waals surface area contributed by atoms with E-state index in [9.17, 15) is 18.0 Å². The van der Waals surface area contributed by atoms with Gasteiger partial charge in [0.15, 0.2) is 11.6 Å². The molecule has 2 aromatic carbocycles. The normalized spacial score (nSPS) is 13.4. The zero-order valence-electron chi connectivity index (χ0n) is 11.1. The van der Waals surface area contributed by atoms with Crippen molar-refractivity contribution in [1.29, 1.82) is 0 Å². The van der Waals surface area contributed by atoms with E-state index < -0.39 is 17.5 Å². The fraction of sp³-hybridized carbons (Fsp3) is 0.188. The molecule has 1 amide bonds. The third kappa shape index (κ3) is 2.63.